The van der Waals surface area contributed by atoms with Gasteiger partial charge in [0.15, 0.2) is 0 Å². The SMILES string of the molecule is CCCC(CCN)CCC(=O)N1C[C@@H](C)[C@H](C(=O)O)C1. The highest BCUT2D eigenvalue weighted by Crippen LogP contribution is 2.25. The lowest BCUT2D eigenvalue weighted by Crippen LogP contribution is -2.30. The zero-order valence-electron chi connectivity index (χ0n) is 12.7. The van der Waals surface area contributed by atoms with Crippen molar-refractivity contribution in [1.82, 2.24) is 4.90 Å². The molecule has 0 bridgehead atoms. The van der Waals surface area contributed by atoms with E-state index in [9.17, 15) is 9.59 Å². The molecule has 0 aromatic carbocycles. The van der Waals surface area contributed by atoms with E-state index in [2.05, 4.69) is 6.92 Å². The highest BCUT2D eigenvalue weighted by molar-refractivity contribution is 5.79. The standard InChI is InChI=1S/C15H28N2O3/c1-3-4-12(7-8-16)5-6-14(18)17-9-11(2)13(10-17)15(19)20/h11-13H,3-10,16H2,1-2H3,(H,19,20)/t11-,12?,13-/m1/s1. The van der Waals surface area contributed by atoms with Crippen molar-refractivity contribution in [1.29, 1.82) is 0 Å². The summed E-state index contributed by atoms with van der Waals surface area (Å²) in [5, 5.41) is 9.09. The minimum Gasteiger partial charge on any atom is -0.481 e. The Balaban J connectivity index is 2.41. The lowest BCUT2D eigenvalue weighted by atomic mass is 9.94. The summed E-state index contributed by atoms with van der Waals surface area (Å²) < 4.78 is 0. The fourth-order valence-corrected chi connectivity index (χ4v) is 3.05. The quantitative estimate of drug-likeness (QED) is 0.710. The van der Waals surface area contributed by atoms with Gasteiger partial charge >= 0.3 is 5.97 Å². The van der Waals surface area contributed by atoms with Gasteiger partial charge in [-0.05, 0) is 31.2 Å². The van der Waals surface area contributed by atoms with Crippen LogP contribution in [0.25, 0.3) is 0 Å². The average molecular weight is 284 g/mol. The van der Waals surface area contributed by atoms with Gasteiger partial charge in [-0.2, -0.15) is 0 Å². The van der Waals surface area contributed by atoms with Crippen LogP contribution in [-0.4, -0.2) is 41.5 Å². The number of aliphatic carboxylic acids is 1. The topological polar surface area (TPSA) is 83.6 Å². The number of carbonyl (C=O) groups excluding carboxylic acids is 1. The molecule has 0 aliphatic carbocycles. The van der Waals surface area contributed by atoms with Gasteiger partial charge in [-0.25, -0.2) is 0 Å². The number of carbonyl (C=O) groups is 2. The Kier molecular flexibility index (Phi) is 6.99. The molecule has 3 N–H and O–H groups in total. The highest BCUT2D eigenvalue weighted by atomic mass is 16.4. The average Bonchev–Trinajstić information content (AvgIpc) is 2.78. The van der Waals surface area contributed by atoms with Gasteiger partial charge in [0.25, 0.3) is 0 Å². The molecule has 1 amide bonds. The molecule has 0 saturated carbocycles. The van der Waals surface area contributed by atoms with E-state index < -0.39 is 11.9 Å². The largest absolute Gasteiger partial charge is 0.481 e. The molecular weight excluding hydrogens is 256 g/mol. The highest BCUT2D eigenvalue weighted by Gasteiger charge is 2.36. The lowest BCUT2D eigenvalue weighted by molar-refractivity contribution is -0.142. The van der Waals surface area contributed by atoms with E-state index in [-0.39, 0.29) is 11.8 Å². The van der Waals surface area contributed by atoms with Gasteiger partial charge in [-0.3, -0.25) is 9.59 Å². The van der Waals surface area contributed by atoms with E-state index in [1.807, 2.05) is 6.92 Å². The molecule has 1 fully saturated rings. The Labute approximate surface area is 121 Å². The zero-order chi connectivity index (χ0) is 15.1. The summed E-state index contributed by atoms with van der Waals surface area (Å²) >= 11 is 0. The Morgan fingerprint density at radius 3 is 2.50 bits per heavy atom. The summed E-state index contributed by atoms with van der Waals surface area (Å²) in [5.74, 6) is -0.538. The normalized spacial score (nSPS) is 23.9. The van der Waals surface area contributed by atoms with E-state index in [1.54, 1.807) is 4.90 Å². The maximum Gasteiger partial charge on any atom is 0.308 e. The predicted molar refractivity (Wildman–Crippen MR) is 78.2 cm³/mol. The molecule has 0 aromatic rings. The van der Waals surface area contributed by atoms with E-state index in [4.69, 9.17) is 10.8 Å². The van der Waals surface area contributed by atoms with E-state index in [0.29, 0.717) is 32.0 Å². The third-order valence-corrected chi connectivity index (χ3v) is 4.32. The maximum absolute atomic E-state index is 12.2. The van der Waals surface area contributed by atoms with Gasteiger partial charge in [0.05, 0.1) is 5.92 Å². The third kappa shape index (κ3) is 4.78. The summed E-state index contributed by atoms with van der Waals surface area (Å²) in [7, 11) is 0. The molecule has 116 valence electrons. The summed E-state index contributed by atoms with van der Waals surface area (Å²) in [6, 6.07) is 0. The van der Waals surface area contributed by atoms with Crippen LogP contribution in [0.3, 0.4) is 0 Å². The minimum atomic E-state index is -0.792. The van der Waals surface area contributed by atoms with Crippen LogP contribution in [0.5, 0.6) is 0 Å². The second-order valence-corrected chi connectivity index (χ2v) is 5.99. The molecule has 5 heteroatoms. The van der Waals surface area contributed by atoms with Crippen molar-refractivity contribution in [3.8, 4) is 0 Å². The van der Waals surface area contributed by atoms with Crippen LogP contribution < -0.4 is 5.73 Å². The van der Waals surface area contributed by atoms with Crippen molar-refractivity contribution in [3.05, 3.63) is 0 Å². The summed E-state index contributed by atoms with van der Waals surface area (Å²) in [4.78, 5) is 25.0. The molecule has 5 nitrogen and oxygen atoms in total. The van der Waals surface area contributed by atoms with Crippen LogP contribution in [0.1, 0.15) is 46.0 Å². The molecule has 0 spiro atoms. The number of amides is 1. The number of carboxylic acids is 1. The van der Waals surface area contributed by atoms with Crippen molar-refractivity contribution in [2.75, 3.05) is 19.6 Å². The second-order valence-electron chi connectivity index (χ2n) is 5.99. The Hall–Kier alpha value is -1.10. The predicted octanol–water partition coefficient (Wildman–Crippen LogP) is 1.71. The molecule has 1 unspecified atom stereocenters. The monoisotopic (exact) mass is 284 g/mol. The first kappa shape index (κ1) is 17.0. The number of hydrogen-bond acceptors (Lipinski definition) is 3. The van der Waals surface area contributed by atoms with Crippen molar-refractivity contribution < 1.29 is 14.7 Å². The maximum atomic E-state index is 12.2. The van der Waals surface area contributed by atoms with Gasteiger partial charge in [0.2, 0.25) is 5.91 Å². The number of hydrogen-bond donors (Lipinski definition) is 2. The molecule has 1 aliphatic heterocycles. The molecule has 3 atom stereocenters. The number of likely N-dealkylation sites (tertiary alicyclic amines) is 1. The molecule has 1 rings (SSSR count). The second kappa shape index (κ2) is 8.25. The van der Waals surface area contributed by atoms with Gasteiger partial charge in [-0.15, -0.1) is 0 Å². The summed E-state index contributed by atoms with van der Waals surface area (Å²) in [6.07, 6.45) is 4.57. The van der Waals surface area contributed by atoms with E-state index in [0.717, 1.165) is 25.7 Å². The molecule has 1 saturated heterocycles. The van der Waals surface area contributed by atoms with Crippen molar-refractivity contribution in [2.45, 2.75) is 46.0 Å². The van der Waals surface area contributed by atoms with Crippen LogP contribution >= 0.6 is 0 Å². The first-order valence-corrected chi connectivity index (χ1v) is 7.70. The van der Waals surface area contributed by atoms with Gasteiger partial charge in [0.1, 0.15) is 0 Å². The van der Waals surface area contributed by atoms with E-state index >= 15 is 0 Å². The summed E-state index contributed by atoms with van der Waals surface area (Å²) in [6.45, 7) is 5.65. The first-order valence-electron chi connectivity index (χ1n) is 7.70. The van der Waals surface area contributed by atoms with Crippen LogP contribution in [0, 0.1) is 17.8 Å². The van der Waals surface area contributed by atoms with Crippen LogP contribution in [0.15, 0.2) is 0 Å². The Morgan fingerprint density at radius 2 is 2.00 bits per heavy atom. The Morgan fingerprint density at radius 1 is 1.30 bits per heavy atom. The van der Waals surface area contributed by atoms with Crippen LogP contribution in [0.2, 0.25) is 0 Å². The van der Waals surface area contributed by atoms with Crippen LogP contribution in [0.4, 0.5) is 0 Å². The smallest absolute Gasteiger partial charge is 0.308 e. The van der Waals surface area contributed by atoms with Crippen molar-refractivity contribution >= 4 is 11.9 Å². The minimum absolute atomic E-state index is 0.0481. The Bertz CT molecular complexity index is 327. The zero-order valence-corrected chi connectivity index (χ0v) is 12.7. The fraction of sp³-hybridized carbons (Fsp3) is 0.867. The first-order chi connectivity index (χ1) is 9.49. The van der Waals surface area contributed by atoms with Crippen molar-refractivity contribution in [3.63, 3.8) is 0 Å². The molecule has 1 aliphatic rings. The molecule has 20 heavy (non-hydrogen) atoms. The van der Waals surface area contributed by atoms with Gasteiger partial charge in [0, 0.05) is 19.5 Å². The molecule has 0 aromatic heterocycles. The molecule has 1 heterocycles. The third-order valence-electron chi connectivity index (χ3n) is 4.32. The van der Waals surface area contributed by atoms with Crippen LogP contribution in [-0.2, 0) is 9.59 Å². The fourth-order valence-electron chi connectivity index (χ4n) is 3.05. The number of rotatable bonds is 8. The molecule has 0 radical (unpaired) electrons. The number of carboxylic acid groups (broad SMARTS) is 1. The summed E-state index contributed by atoms with van der Waals surface area (Å²) in [5.41, 5.74) is 5.60. The van der Waals surface area contributed by atoms with Gasteiger partial charge in [-0.1, -0.05) is 26.7 Å². The number of nitrogens with zero attached hydrogens (tertiary/aromatic N) is 1. The van der Waals surface area contributed by atoms with Crippen molar-refractivity contribution in [2.24, 2.45) is 23.5 Å². The lowest BCUT2D eigenvalue weighted by Gasteiger charge is -2.19. The van der Waals surface area contributed by atoms with Gasteiger partial charge < -0.3 is 15.7 Å². The molecular formula is C15H28N2O3. The van der Waals surface area contributed by atoms with E-state index in [1.165, 1.54) is 0 Å². The number of nitrogens with two attached hydrogens (primary N) is 1.